The lowest BCUT2D eigenvalue weighted by atomic mass is 10.2. The lowest BCUT2D eigenvalue weighted by molar-refractivity contribution is -0.111. The van der Waals surface area contributed by atoms with Crippen LogP contribution >= 0.6 is 0 Å². The van der Waals surface area contributed by atoms with Crippen LogP contribution in [0.2, 0.25) is 0 Å². The summed E-state index contributed by atoms with van der Waals surface area (Å²) in [6, 6.07) is 15.5. The predicted molar refractivity (Wildman–Crippen MR) is 89.5 cm³/mol. The van der Waals surface area contributed by atoms with E-state index in [1.165, 1.54) is 6.08 Å². The Hall–Kier alpha value is -2.88. The third-order valence-corrected chi connectivity index (χ3v) is 3.46. The molecule has 0 aliphatic rings. The smallest absolute Gasteiger partial charge is 0.248 e. The van der Waals surface area contributed by atoms with Gasteiger partial charge in [0.1, 0.15) is 0 Å². The summed E-state index contributed by atoms with van der Waals surface area (Å²) in [4.78, 5) is 16.3. The van der Waals surface area contributed by atoms with Gasteiger partial charge in [0.15, 0.2) is 0 Å². The van der Waals surface area contributed by atoms with E-state index in [0.29, 0.717) is 0 Å². The number of anilines is 1. The number of carbonyl (C=O) groups is 1. The molecule has 0 spiro atoms. The van der Waals surface area contributed by atoms with Crippen LogP contribution in [0.5, 0.6) is 0 Å². The number of aryl methyl sites for hydroxylation is 1. The molecule has 110 valence electrons. The molecular weight excluding hydrogens is 274 g/mol. The molecule has 1 N–H and O–H groups in total. The minimum absolute atomic E-state index is 0.155. The molecule has 0 saturated carbocycles. The number of nitrogens with zero attached hydrogens (tertiary/aromatic N) is 2. The summed E-state index contributed by atoms with van der Waals surface area (Å²) in [6.45, 7) is 2.95. The highest BCUT2D eigenvalue weighted by Gasteiger charge is 2.04. The number of aromatic nitrogens is 2. The van der Waals surface area contributed by atoms with Crippen molar-refractivity contribution in [2.45, 2.75) is 13.5 Å². The summed E-state index contributed by atoms with van der Waals surface area (Å²) < 4.78 is 2.07. The van der Waals surface area contributed by atoms with Crippen LogP contribution in [-0.2, 0) is 11.3 Å². The lowest BCUT2D eigenvalue weighted by Crippen LogP contribution is -2.07. The second kappa shape index (κ2) is 6.26. The highest BCUT2D eigenvalue weighted by Crippen LogP contribution is 2.18. The van der Waals surface area contributed by atoms with E-state index in [2.05, 4.69) is 21.8 Å². The van der Waals surface area contributed by atoms with Crippen molar-refractivity contribution in [3.63, 3.8) is 0 Å². The predicted octanol–water partition coefficient (Wildman–Crippen LogP) is 3.71. The number of hydrogen-bond donors (Lipinski definition) is 1. The Balaban J connectivity index is 1.72. The summed E-state index contributed by atoms with van der Waals surface area (Å²) in [7, 11) is 0. The quantitative estimate of drug-likeness (QED) is 0.745. The van der Waals surface area contributed by atoms with Gasteiger partial charge in [0, 0.05) is 18.3 Å². The van der Waals surface area contributed by atoms with Crippen LogP contribution in [0.4, 0.5) is 5.69 Å². The largest absolute Gasteiger partial charge is 0.331 e. The Morgan fingerprint density at radius 2 is 2.05 bits per heavy atom. The first kappa shape index (κ1) is 14.1. The van der Waals surface area contributed by atoms with Gasteiger partial charge in [-0.2, -0.15) is 0 Å². The van der Waals surface area contributed by atoms with E-state index in [0.717, 1.165) is 28.8 Å². The fourth-order valence-electron chi connectivity index (χ4n) is 2.31. The minimum Gasteiger partial charge on any atom is -0.331 e. The lowest BCUT2D eigenvalue weighted by Gasteiger charge is -2.03. The first-order chi connectivity index (χ1) is 10.8. The number of rotatable bonds is 4. The van der Waals surface area contributed by atoms with Crippen LogP contribution in [0, 0.1) is 0 Å². The van der Waals surface area contributed by atoms with Crippen molar-refractivity contribution in [3.8, 4) is 0 Å². The number of nitrogens with one attached hydrogen (secondary N) is 1. The SMILES string of the molecule is CCn1cnc2cc(NC(=O)/C=C/c3ccccc3)ccc21. The molecule has 1 heterocycles. The van der Waals surface area contributed by atoms with Crippen molar-refractivity contribution >= 4 is 28.7 Å². The second-order valence-corrected chi connectivity index (χ2v) is 4.97. The van der Waals surface area contributed by atoms with Gasteiger partial charge in [-0.25, -0.2) is 4.98 Å². The zero-order valence-corrected chi connectivity index (χ0v) is 12.4. The van der Waals surface area contributed by atoms with Crippen LogP contribution in [0.1, 0.15) is 12.5 Å². The van der Waals surface area contributed by atoms with Gasteiger partial charge >= 0.3 is 0 Å². The van der Waals surface area contributed by atoms with Gasteiger partial charge in [0.05, 0.1) is 17.4 Å². The molecule has 0 bridgehead atoms. The highest BCUT2D eigenvalue weighted by molar-refractivity contribution is 6.02. The Kier molecular flexibility index (Phi) is 4.01. The molecule has 0 aliphatic heterocycles. The highest BCUT2D eigenvalue weighted by atomic mass is 16.1. The Morgan fingerprint density at radius 1 is 1.23 bits per heavy atom. The van der Waals surface area contributed by atoms with E-state index in [-0.39, 0.29) is 5.91 Å². The number of imidazole rings is 1. The third-order valence-electron chi connectivity index (χ3n) is 3.46. The number of benzene rings is 2. The Morgan fingerprint density at radius 3 is 2.82 bits per heavy atom. The van der Waals surface area contributed by atoms with E-state index >= 15 is 0 Å². The molecule has 0 fully saturated rings. The topological polar surface area (TPSA) is 46.9 Å². The van der Waals surface area contributed by atoms with Crippen LogP contribution < -0.4 is 5.32 Å². The van der Waals surface area contributed by atoms with Crippen LogP contribution in [0.15, 0.2) is 60.9 Å². The van der Waals surface area contributed by atoms with Gasteiger partial charge in [0.2, 0.25) is 5.91 Å². The van der Waals surface area contributed by atoms with E-state index in [1.807, 2.05) is 54.9 Å². The van der Waals surface area contributed by atoms with Crippen molar-refractivity contribution in [2.75, 3.05) is 5.32 Å². The molecule has 1 aromatic heterocycles. The summed E-state index contributed by atoms with van der Waals surface area (Å²) in [6.07, 6.45) is 5.13. The average Bonchev–Trinajstić information content (AvgIpc) is 2.96. The first-order valence-electron chi connectivity index (χ1n) is 7.25. The van der Waals surface area contributed by atoms with Crippen molar-refractivity contribution in [2.24, 2.45) is 0 Å². The molecule has 0 unspecified atom stereocenters. The maximum Gasteiger partial charge on any atom is 0.248 e. The summed E-state index contributed by atoms with van der Waals surface area (Å²) in [5.41, 5.74) is 3.69. The molecule has 3 aromatic rings. The fraction of sp³-hybridized carbons (Fsp3) is 0.111. The monoisotopic (exact) mass is 291 g/mol. The van der Waals surface area contributed by atoms with Crippen molar-refractivity contribution in [3.05, 3.63) is 66.5 Å². The van der Waals surface area contributed by atoms with E-state index < -0.39 is 0 Å². The number of fused-ring (bicyclic) bond motifs is 1. The summed E-state index contributed by atoms with van der Waals surface area (Å²) in [5.74, 6) is -0.155. The van der Waals surface area contributed by atoms with E-state index in [4.69, 9.17) is 0 Å². The van der Waals surface area contributed by atoms with Crippen LogP contribution in [-0.4, -0.2) is 15.5 Å². The molecule has 3 rings (SSSR count). The van der Waals surface area contributed by atoms with Gasteiger partial charge in [-0.1, -0.05) is 30.3 Å². The summed E-state index contributed by atoms with van der Waals surface area (Å²) >= 11 is 0. The molecule has 0 atom stereocenters. The molecule has 2 aromatic carbocycles. The zero-order valence-electron chi connectivity index (χ0n) is 12.4. The maximum atomic E-state index is 12.0. The Bertz CT molecular complexity index is 819. The summed E-state index contributed by atoms with van der Waals surface area (Å²) in [5, 5.41) is 2.86. The standard InChI is InChI=1S/C18H17N3O/c1-2-21-13-19-16-12-15(9-10-17(16)21)20-18(22)11-8-14-6-4-3-5-7-14/h3-13H,2H2,1H3,(H,20,22)/b11-8+. The van der Waals surface area contributed by atoms with Crippen molar-refractivity contribution in [1.82, 2.24) is 9.55 Å². The Labute approximate surface area is 129 Å². The molecule has 4 nitrogen and oxygen atoms in total. The average molecular weight is 291 g/mol. The van der Waals surface area contributed by atoms with Gasteiger partial charge in [-0.3, -0.25) is 4.79 Å². The normalized spacial score (nSPS) is 11.1. The van der Waals surface area contributed by atoms with Gasteiger partial charge in [-0.15, -0.1) is 0 Å². The number of hydrogen-bond acceptors (Lipinski definition) is 2. The molecule has 0 aliphatic carbocycles. The van der Waals surface area contributed by atoms with E-state index in [9.17, 15) is 4.79 Å². The van der Waals surface area contributed by atoms with E-state index in [1.54, 1.807) is 6.08 Å². The third kappa shape index (κ3) is 3.06. The minimum atomic E-state index is -0.155. The fourth-order valence-corrected chi connectivity index (χ4v) is 2.31. The molecule has 1 amide bonds. The van der Waals surface area contributed by atoms with Crippen molar-refractivity contribution in [1.29, 1.82) is 0 Å². The molecule has 0 radical (unpaired) electrons. The number of carbonyl (C=O) groups excluding carboxylic acids is 1. The van der Waals surface area contributed by atoms with Gasteiger partial charge < -0.3 is 9.88 Å². The second-order valence-electron chi connectivity index (χ2n) is 4.97. The van der Waals surface area contributed by atoms with Gasteiger partial charge in [-0.05, 0) is 36.8 Å². The molecule has 22 heavy (non-hydrogen) atoms. The number of amides is 1. The molecular formula is C18H17N3O. The zero-order chi connectivity index (χ0) is 15.4. The van der Waals surface area contributed by atoms with Crippen LogP contribution in [0.3, 0.4) is 0 Å². The molecule has 4 heteroatoms. The molecule has 0 saturated heterocycles. The van der Waals surface area contributed by atoms with Gasteiger partial charge in [0.25, 0.3) is 0 Å². The maximum absolute atomic E-state index is 12.0. The van der Waals surface area contributed by atoms with Crippen LogP contribution in [0.25, 0.3) is 17.1 Å². The van der Waals surface area contributed by atoms with Crippen molar-refractivity contribution < 1.29 is 4.79 Å². The first-order valence-corrected chi connectivity index (χ1v) is 7.25.